The summed E-state index contributed by atoms with van der Waals surface area (Å²) in [6, 6.07) is 9.58. The molecule has 1 amide bonds. The fourth-order valence-corrected chi connectivity index (χ4v) is 2.35. The van der Waals surface area contributed by atoms with Gasteiger partial charge < -0.3 is 10.0 Å². The number of carbonyl (C=O) groups excluding carboxylic acids is 1. The maximum atomic E-state index is 12.2. The Hall–Kier alpha value is -1.84. The summed E-state index contributed by atoms with van der Waals surface area (Å²) in [4.78, 5) is 25.1. The molecule has 0 saturated carbocycles. The SMILES string of the molecule is C[C@@H](c1ccccc1)N1CCC(C)(C(=O)O)C1=O. The largest absolute Gasteiger partial charge is 0.480 e. The third kappa shape index (κ3) is 1.88. The summed E-state index contributed by atoms with van der Waals surface area (Å²) in [5.74, 6) is -1.32. The van der Waals surface area contributed by atoms with Gasteiger partial charge in [-0.05, 0) is 25.8 Å². The Bertz CT molecular complexity index is 471. The first kappa shape index (κ1) is 12.6. The number of likely N-dealkylation sites (tertiary alicyclic amines) is 1. The molecule has 2 atom stereocenters. The number of amides is 1. The van der Waals surface area contributed by atoms with E-state index in [-0.39, 0.29) is 11.9 Å². The Kier molecular flexibility index (Phi) is 3.11. The van der Waals surface area contributed by atoms with Crippen molar-refractivity contribution in [2.24, 2.45) is 5.41 Å². The monoisotopic (exact) mass is 247 g/mol. The molecule has 1 aromatic carbocycles. The first-order valence-corrected chi connectivity index (χ1v) is 6.06. The molecule has 18 heavy (non-hydrogen) atoms. The van der Waals surface area contributed by atoms with Crippen LogP contribution in [0, 0.1) is 5.41 Å². The molecule has 4 nitrogen and oxygen atoms in total. The van der Waals surface area contributed by atoms with Crippen LogP contribution < -0.4 is 0 Å². The zero-order valence-electron chi connectivity index (χ0n) is 10.6. The predicted molar refractivity (Wildman–Crippen MR) is 66.9 cm³/mol. The molecule has 1 aliphatic heterocycles. The highest BCUT2D eigenvalue weighted by Crippen LogP contribution is 2.36. The first-order valence-electron chi connectivity index (χ1n) is 6.06. The number of aliphatic carboxylic acids is 1. The lowest BCUT2D eigenvalue weighted by Gasteiger charge is -2.26. The molecule has 0 spiro atoms. The molecule has 0 radical (unpaired) electrons. The summed E-state index contributed by atoms with van der Waals surface area (Å²) in [6.07, 6.45) is 0.373. The van der Waals surface area contributed by atoms with Crippen molar-refractivity contribution in [1.82, 2.24) is 4.90 Å². The lowest BCUT2D eigenvalue weighted by atomic mass is 9.89. The fraction of sp³-hybridized carbons (Fsp3) is 0.429. The average Bonchev–Trinajstić information content (AvgIpc) is 2.68. The average molecular weight is 247 g/mol. The molecule has 1 heterocycles. The lowest BCUT2D eigenvalue weighted by molar-refractivity contribution is -0.155. The van der Waals surface area contributed by atoms with Crippen molar-refractivity contribution in [2.45, 2.75) is 26.3 Å². The first-order chi connectivity index (χ1) is 8.47. The van der Waals surface area contributed by atoms with E-state index in [9.17, 15) is 9.59 Å². The maximum Gasteiger partial charge on any atom is 0.318 e. The van der Waals surface area contributed by atoms with Gasteiger partial charge in [-0.3, -0.25) is 9.59 Å². The molecule has 1 unspecified atom stereocenters. The van der Waals surface area contributed by atoms with E-state index >= 15 is 0 Å². The topological polar surface area (TPSA) is 57.6 Å². The highest BCUT2D eigenvalue weighted by atomic mass is 16.4. The van der Waals surface area contributed by atoms with Gasteiger partial charge >= 0.3 is 5.97 Å². The van der Waals surface area contributed by atoms with Crippen LogP contribution >= 0.6 is 0 Å². The molecule has 2 rings (SSSR count). The number of benzene rings is 1. The molecule has 0 aromatic heterocycles. The molecule has 0 aliphatic carbocycles. The van der Waals surface area contributed by atoms with Gasteiger partial charge in [0, 0.05) is 6.54 Å². The zero-order chi connectivity index (χ0) is 13.3. The Balaban J connectivity index is 2.22. The van der Waals surface area contributed by atoms with Gasteiger partial charge in [-0.25, -0.2) is 0 Å². The molecule has 4 heteroatoms. The van der Waals surface area contributed by atoms with Gasteiger partial charge in [0.25, 0.3) is 0 Å². The Morgan fingerprint density at radius 3 is 2.50 bits per heavy atom. The number of carboxylic acids is 1. The van der Waals surface area contributed by atoms with Crippen molar-refractivity contribution in [3.8, 4) is 0 Å². The highest BCUT2D eigenvalue weighted by molar-refractivity contribution is 6.03. The van der Waals surface area contributed by atoms with Crippen molar-refractivity contribution in [1.29, 1.82) is 0 Å². The molecule has 1 fully saturated rings. The number of carbonyl (C=O) groups is 2. The van der Waals surface area contributed by atoms with Crippen molar-refractivity contribution in [3.05, 3.63) is 35.9 Å². The highest BCUT2D eigenvalue weighted by Gasteiger charge is 2.50. The number of carboxylic acid groups (broad SMARTS) is 1. The third-order valence-corrected chi connectivity index (χ3v) is 3.81. The predicted octanol–water partition coefficient (Wildman–Crippen LogP) is 2.07. The maximum absolute atomic E-state index is 12.2. The quantitative estimate of drug-likeness (QED) is 0.832. The fourth-order valence-electron chi connectivity index (χ4n) is 2.35. The Morgan fingerprint density at radius 2 is 2.00 bits per heavy atom. The normalized spacial score (nSPS) is 25.2. The minimum Gasteiger partial charge on any atom is -0.480 e. The van der Waals surface area contributed by atoms with Crippen LogP contribution in [0.3, 0.4) is 0 Å². The summed E-state index contributed by atoms with van der Waals surface area (Å²) in [7, 11) is 0. The molecule has 1 aromatic rings. The van der Waals surface area contributed by atoms with Gasteiger partial charge in [-0.1, -0.05) is 30.3 Å². The van der Waals surface area contributed by atoms with Gasteiger partial charge in [0.05, 0.1) is 6.04 Å². The van der Waals surface area contributed by atoms with Gasteiger partial charge in [0.2, 0.25) is 5.91 Å². The summed E-state index contributed by atoms with van der Waals surface area (Å²) >= 11 is 0. The summed E-state index contributed by atoms with van der Waals surface area (Å²) in [5, 5.41) is 9.17. The smallest absolute Gasteiger partial charge is 0.318 e. The van der Waals surface area contributed by atoms with Gasteiger partial charge in [-0.2, -0.15) is 0 Å². The standard InChI is InChI=1S/C14H17NO3/c1-10(11-6-4-3-5-7-11)15-9-8-14(2,12(15)16)13(17)18/h3-7,10H,8-9H2,1-2H3,(H,17,18)/t10-,14?/m0/s1. The molecule has 1 N–H and O–H groups in total. The van der Waals surface area contributed by atoms with Gasteiger partial charge in [-0.15, -0.1) is 0 Å². The number of rotatable bonds is 3. The molecular weight excluding hydrogens is 230 g/mol. The third-order valence-electron chi connectivity index (χ3n) is 3.81. The second kappa shape index (κ2) is 4.44. The van der Waals surface area contributed by atoms with Crippen LogP contribution in [0.2, 0.25) is 0 Å². The van der Waals surface area contributed by atoms with Gasteiger partial charge in [0.15, 0.2) is 0 Å². The summed E-state index contributed by atoms with van der Waals surface area (Å²) < 4.78 is 0. The molecule has 96 valence electrons. The van der Waals surface area contributed by atoms with Crippen LogP contribution in [-0.4, -0.2) is 28.4 Å². The van der Waals surface area contributed by atoms with Crippen molar-refractivity contribution >= 4 is 11.9 Å². The van der Waals surface area contributed by atoms with Crippen LogP contribution in [0.5, 0.6) is 0 Å². The number of hydrogen-bond donors (Lipinski definition) is 1. The van der Waals surface area contributed by atoms with Crippen LogP contribution in [-0.2, 0) is 9.59 Å². The van der Waals surface area contributed by atoms with Crippen LogP contribution in [0.15, 0.2) is 30.3 Å². The van der Waals surface area contributed by atoms with Crippen molar-refractivity contribution < 1.29 is 14.7 Å². The van der Waals surface area contributed by atoms with E-state index in [1.807, 2.05) is 37.3 Å². The minimum atomic E-state index is -1.26. The van der Waals surface area contributed by atoms with E-state index in [2.05, 4.69) is 0 Å². The zero-order valence-corrected chi connectivity index (χ0v) is 10.6. The molecule has 0 bridgehead atoms. The van der Waals surface area contributed by atoms with Gasteiger partial charge in [0.1, 0.15) is 5.41 Å². The number of nitrogens with zero attached hydrogens (tertiary/aromatic N) is 1. The van der Waals surface area contributed by atoms with E-state index < -0.39 is 11.4 Å². The second-order valence-electron chi connectivity index (χ2n) is 4.97. The summed E-state index contributed by atoms with van der Waals surface area (Å²) in [6.45, 7) is 3.94. The van der Waals surface area contributed by atoms with E-state index in [1.54, 1.807) is 4.90 Å². The van der Waals surface area contributed by atoms with Crippen LogP contribution in [0.25, 0.3) is 0 Å². The lowest BCUT2D eigenvalue weighted by Crippen LogP contribution is -2.39. The Labute approximate surface area is 106 Å². The van der Waals surface area contributed by atoms with Crippen LogP contribution in [0.1, 0.15) is 31.9 Å². The van der Waals surface area contributed by atoms with E-state index in [1.165, 1.54) is 6.92 Å². The van der Waals surface area contributed by atoms with E-state index in [4.69, 9.17) is 5.11 Å². The van der Waals surface area contributed by atoms with Crippen molar-refractivity contribution in [3.63, 3.8) is 0 Å². The van der Waals surface area contributed by atoms with E-state index in [0.717, 1.165) is 5.56 Å². The Morgan fingerprint density at radius 1 is 1.39 bits per heavy atom. The van der Waals surface area contributed by atoms with E-state index in [0.29, 0.717) is 13.0 Å². The number of hydrogen-bond acceptors (Lipinski definition) is 2. The summed E-state index contributed by atoms with van der Waals surface area (Å²) in [5.41, 5.74) is -0.233. The second-order valence-corrected chi connectivity index (χ2v) is 4.97. The van der Waals surface area contributed by atoms with Crippen molar-refractivity contribution in [2.75, 3.05) is 6.54 Å². The molecule has 1 aliphatic rings. The van der Waals surface area contributed by atoms with Crippen LogP contribution in [0.4, 0.5) is 0 Å². The molecular formula is C14H17NO3. The molecule has 1 saturated heterocycles. The minimum absolute atomic E-state index is 0.0834.